The fourth-order valence-corrected chi connectivity index (χ4v) is 3.59. The van der Waals surface area contributed by atoms with E-state index in [1.54, 1.807) is 13.8 Å². The molecule has 1 aromatic rings. The van der Waals surface area contributed by atoms with Crippen LogP contribution in [0.15, 0.2) is 24.3 Å². The monoisotopic (exact) mass is 394 g/mol. The Hall–Kier alpha value is -2.39. The molecule has 1 fully saturated rings. The molecule has 1 heterocycles. The first-order valence-corrected chi connectivity index (χ1v) is 9.61. The Balaban J connectivity index is 2.01. The Morgan fingerprint density at radius 1 is 1.19 bits per heavy atom. The number of thioether (sulfide) groups is 1. The van der Waals surface area contributed by atoms with Crippen LogP contribution < -0.4 is 10.6 Å². The molecule has 0 saturated carbocycles. The SMILES string of the molecule is CCOC(=O)c1ccc(N2C(=O)CC(SC[C@@H](N)C(=O)OCC)C2=O)cc1. The van der Waals surface area contributed by atoms with Crippen molar-refractivity contribution >= 4 is 41.2 Å². The van der Waals surface area contributed by atoms with Crippen LogP contribution in [-0.2, 0) is 23.9 Å². The van der Waals surface area contributed by atoms with Gasteiger partial charge in [-0.3, -0.25) is 14.4 Å². The number of anilines is 1. The summed E-state index contributed by atoms with van der Waals surface area (Å²) in [5.74, 6) is -1.54. The molecule has 0 spiro atoms. The lowest BCUT2D eigenvalue weighted by Gasteiger charge is -2.16. The highest BCUT2D eigenvalue weighted by Crippen LogP contribution is 2.30. The summed E-state index contributed by atoms with van der Waals surface area (Å²) in [5.41, 5.74) is 6.45. The van der Waals surface area contributed by atoms with Crippen LogP contribution in [0.25, 0.3) is 0 Å². The molecule has 1 unspecified atom stereocenters. The lowest BCUT2D eigenvalue weighted by atomic mass is 10.2. The van der Waals surface area contributed by atoms with Gasteiger partial charge >= 0.3 is 11.9 Å². The Morgan fingerprint density at radius 2 is 1.81 bits per heavy atom. The standard InChI is InChI=1S/C18H22N2O6S/c1-3-25-17(23)11-5-7-12(8-6-11)20-15(21)9-14(16(20)22)27-10-13(19)18(24)26-4-2/h5-8,13-14H,3-4,9-10,19H2,1-2H3/t13-,14?/m1/s1. The Bertz CT molecular complexity index is 721. The average molecular weight is 394 g/mol. The van der Waals surface area contributed by atoms with E-state index in [9.17, 15) is 19.2 Å². The third kappa shape index (κ3) is 5.08. The number of amides is 2. The van der Waals surface area contributed by atoms with Gasteiger partial charge in [-0.15, -0.1) is 11.8 Å². The first-order valence-electron chi connectivity index (χ1n) is 8.56. The van der Waals surface area contributed by atoms with Crippen LogP contribution in [0, 0.1) is 0 Å². The molecular weight excluding hydrogens is 372 g/mol. The number of rotatable bonds is 8. The molecule has 1 aliphatic rings. The number of nitrogens with zero attached hydrogens (tertiary/aromatic N) is 1. The second-order valence-electron chi connectivity index (χ2n) is 5.72. The minimum Gasteiger partial charge on any atom is -0.465 e. The maximum absolute atomic E-state index is 12.6. The molecule has 0 aliphatic carbocycles. The highest BCUT2D eigenvalue weighted by atomic mass is 32.2. The number of benzene rings is 1. The van der Waals surface area contributed by atoms with Crippen LogP contribution in [0.2, 0.25) is 0 Å². The summed E-state index contributed by atoms with van der Waals surface area (Å²) in [7, 11) is 0. The number of hydrogen-bond acceptors (Lipinski definition) is 8. The van der Waals surface area contributed by atoms with E-state index in [0.717, 1.165) is 16.7 Å². The Labute approximate surface area is 161 Å². The topological polar surface area (TPSA) is 116 Å². The first-order chi connectivity index (χ1) is 12.9. The van der Waals surface area contributed by atoms with E-state index in [0.29, 0.717) is 11.3 Å². The molecule has 2 atom stereocenters. The van der Waals surface area contributed by atoms with Gasteiger partial charge < -0.3 is 15.2 Å². The quantitative estimate of drug-likeness (QED) is 0.515. The van der Waals surface area contributed by atoms with E-state index in [4.69, 9.17) is 15.2 Å². The largest absolute Gasteiger partial charge is 0.465 e. The lowest BCUT2D eigenvalue weighted by molar-refractivity contribution is -0.144. The third-order valence-corrected chi connectivity index (χ3v) is 5.13. The summed E-state index contributed by atoms with van der Waals surface area (Å²) in [5, 5.41) is -0.609. The Kier molecular flexibility index (Phi) is 7.37. The second-order valence-corrected chi connectivity index (χ2v) is 6.96. The van der Waals surface area contributed by atoms with E-state index in [1.165, 1.54) is 24.3 Å². The van der Waals surface area contributed by atoms with Crippen molar-refractivity contribution in [2.24, 2.45) is 5.73 Å². The summed E-state index contributed by atoms with van der Waals surface area (Å²) in [6.07, 6.45) is 0.0265. The molecule has 8 nitrogen and oxygen atoms in total. The van der Waals surface area contributed by atoms with Crippen LogP contribution >= 0.6 is 11.8 Å². The molecule has 0 radical (unpaired) electrons. The van der Waals surface area contributed by atoms with Crippen molar-refractivity contribution in [3.63, 3.8) is 0 Å². The lowest BCUT2D eigenvalue weighted by Crippen LogP contribution is -2.36. The summed E-state index contributed by atoms with van der Waals surface area (Å²) in [6, 6.07) is 5.21. The fraction of sp³-hybridized carbons (Fsp3) is 0.444. The fourth-order valence-electron chi connectivity index (χ4n) is 2.50. The molecule has 2 N–H and O–H groups in total. The molecule has 27 heavy (non-hydrogen) atoms. The molecular formula is C18H22N2O6S. The van der Waals surface area contributed by atoms with Crippen LogP contribution in [0.5, 0.6) is 0 Å². The van der Waals surface area contributed by atoms with Gasteiger partial charge in [0.05, 0.1) is 29.7 Å². The zero-order chi connectivity index (χ0) is 20.0. The highest BCUT2D eigenvalue weighted by Gasteiger charge is 2.40. The first kappa shape index (κ1) is 20.9. The molecule has 1 aliphatic heterocycles. The van der Waals surface area contributed by atoms with E-state index in [2.05, 4.69) is 0 Å². The van der Waals surface area contributed by atoms with Gasteiger partial charge in [-0.2, -0.15) is 0 Å². The Morgan fingerprint density at radius 3 is 2.41 bits per heavy atom. The second kappa shape index (κ2) is 9.52. The molecule has 9 heteroatoms. The number of hydrogen-bond donors (Lipinski definition) is 1. The van der Waals surface area contributed by atoms with Gasteiger partial charge in [0, 0.05) is 12.2 Å². The van der Waals surface area contributed by atoms with Crippen molar-refractivity contribution < 1.29 is 28.7 Å². The minimum atomic E-state index is -0.851. The molecule has 0 aromatic heterocycles. The van der Waals surface area contributed by atoms with Crippen molar-refractivity contribution in [1.82, 2.24) is 0 Å². The van der Waals surface area contributed by atoms with E-state index >= 15 is 0 Å². The van der Waals surface area contributed by atoms with Crippen molar-refractivity contribution in [2.45, 2.75) is 31.6 Å². The third-order valence-electron chi connectivity index (χ3n) is 3.81. The van der Waals surface area contributed by atoms with Gasteiger partial charge in [-0.25, -0.2) is 9.69 Å². The zero-order valence-corrected chi connectivity index (χ0v) is 16.0. The number of nitrogens with two attached hydrogens (primary N) is 1. The predicted octanol–water partition coefficient (Wildman–Crippen LogP) is 1.12. The van der Waals surface area contributed by atoms with Crippen molar-refractivity contribution in [2.75, 3.05) is 23.9 Å². The number of ether oxygens (including phenoxy) is 2. The summed E-state index contributed by atoms with van der Waals surface area (Å²) < 4.78 is 9.73. The molecule has 1 aromatic carbocycles. The molecule has 146 valence electrons. The van der Waals surface area contributed by atoms with Gasteiger partial charge in [-0.1, -0.05) is 0 Å². The van der Waals surface area contributed by atoms with E-state index in [1.807, 2.05) is 0 Å². The number of imide groups is 1. The summed E-state index contributed by atoms with van der Waals surface area (Å²) in [4.78, 5) is 49.2. The smallest absolute Gasteiger partial charge is 0.338 e. The molecule has 2 amide bonds. The maximum Gasteiger partial charge on any atom is 0.338 e. The van der Waals surface area contributed by atoms with Crippen molar-refractivity contribution in [3.05, 3.63) is 29.8 Å². The molecule has 2 rings (SSSR count). The predicted molar refractivity (Wildman–Crippen MR) is 100 cm³/mol. The number of carbonyl (C=O) groups excluding carboxylic acids is 4. The van der Waals surface area contributed by atoms with Gasteiger partial charge in [0.15, 0.2) is 0 Å². The van der Waals surface area contributed by atoms with Gasteiger partial charge in [0.2, 0.25) is 11.8 Å². The molecule has 1 saturated heterocycles. The minimum absolute atomic E-state index is 0.0265. The highest BCUT2D eigenvalue weighted by molar-refractivity contribution is 8.00. The normalized spacial score (nSPS) is 17.7. The van der Waals surface area contributed by atoms with Crippen LogP contribution in [-0.4, -0.2) is 54.0 Å². The number of carbonyl (C=O) groups is 4. The van der Waals surface area contributed by atoms with Crippen molar-refractivity contribution in [1.29, 1.82) is 0 Å². The summed E-state index contributed by atoms with van der Waals surface area (Å²) in [6.45, 7) is 3.88. The van der Waals surface area contributed by atoms with Crippen LogP contribution in [0.1, 0.15) is 30.6 Å². The van der Waals surface area contributed by atoms with Crippen molar-refractivity contribution in [3.8, 4) is 0 Å². The van der Waals surface area contributed by atoms with Crippen LogP contribution in [0.4, 0.5) is 5.69 Å². The summed E-state index contributed by atoms with van der Waals surface area (Å²) >= 11 is 1.16. The number of esters is 2. The van der Waals surface area contributed by atoms with Gasteiger partial charge in [-0.05, 0) is 38.1 Å². The van der Waals surface area contributed by atoms with Crippen LogP contribution in [0.3, 0.4) is 0 Å². The molecule has 0 bridgehead atoms. The zero-order valence-electron chi connectivity index (χ0n) is 15.2. The van der Waals surface area contributed by atoms with Gasteiger partial charge in [0.1, 0.15) is 6.04 Å². The average Bonchev–Trinajstić information content (AvgIpc) is 2.93. The van der Waals surface area contributed by atoms with Gasteiger partial charge in [0.25, 0.3) is 0 Å². The maximum atomic E-state index is 12.6. The van der Waals surface area contributed by atoms with E-state index in [-0.39, 0.29) is 37.2 Å². The van der Waals surface area contributed by atoms with E-state index < -0.39 is 23.2 Å².